The van der Waals surface area contributed by atoms with Crippen LogP contribution in [0, 0.1) is 0 Å². The van der Waals surface area contributed by atoms with Crippen LogP contribution in [-0.2, 0) is 5.41 Å². The van der Waals surface area contributed by atoms with Crippen molar-refractivity contribution in [2.45, 2.75) is 26.2 Å². The number of hydrogen-bond donors (Lipinski definition) is 0. The van der Waals surface area contributed by atoms with Crippen LogP contribution in [0.5, 0.6) is 0 Å². The first-order valence-electron chi connectivity index (χ1n) is 11.0. The second kappa shape index (κ2) is 9.02. The van der Waals surface area contributed by atoms with E-state index in [9.17, 15) is 4.79 Å². The Hall–Kier alpha value is -2.73. The van der Waals surface area contributed by atoms with Gasteiger partial charge in [0.2, 0.25) is 5.89 Å². The summed E-state index contributed by atoms with van der Waals surface area (Å²) in [6.07, 6.45) is 0. The molecule has 0 spiro atoms. The van der Waals surface area contributed by atoms with Crippen LogP contribution in [0.1, 0.15) is 36.8 Å². The van der Waals surface area contributed by atoms with Crippen LogP contribution >= 0.6 is 11.8 Å². The monoisotopic (exact) mass is 449 g/mol. The van der Waals surface area contributed by atoms with Gasteiger partial charge in [0.15, 0.2) is 11.5 Å². The minimum Gasteiger partial charge on any atom is -0.435 e. The van der Waals surface area contributed by atoms with Crippen molar-refractivity contribution in [2.75, 3.05) is 43.6 Å². The van der Waals surface area contributed by atoms with Gasteiger partial charge in [-0.15, -0.1) is 0 Å². The summed E-state index contributed by atoms with van der Waals surface area (Å²) in [7, 11) is 4.00. The van der Waals surface area contributed by atoms with Crippen LogP contribution in [-0.4, -0.2) is 54.5 Å². The van der Waals surface area contributed by atoms with E-state index in [2.05, 4.69) is 32.9 Å². The Morgan fingerprint density at radius 3 is 2.34 bits per heavy atom. The maximum atomic E-state index is 13.4. The largest absolute Gasteiger partial charge is 0.435 e. The van der Waals surface area contributed by atoms with E-state index in [1.165, 1.54) is 5.56 Å². The first-order chi connectivity index (χ1) is 15.2. The predicted octanol–water partition coefficient (Wildman–Crippen LogP) is 5.56. The van der Waals surface area contributed by atoms with Crippen LogP contribution in [0.3, 0.4) is 0 Å². The van der Waals surface area contributed by atoms with Crippen molar-refractivity contribution in [2.24, 2.45) is 0 Å². The number of anilines is 1. The number of rotatable bonds is 4. The Morgan fingerprint density at radius 2 is 1.72 bits per heavy atom. The Bertz CT molecular complexity index is 1090. The number of benzene rings is 2. The number of carbonyl (C=O) groups excluding carboxylic acids is 1. The third-order valence-corrected chi connectivity index (χ3v) is 6.69. The molecule has 0 bridgehead atoms. The summed E-state index contributed by atoms with van der Waals surface area (Å²) in [5.41, 5.74) is 4.48. The van der Waals surface area contributed by atoms with Crippen molar-refractivity contribution < 1.29 is 9.21 Å². The van der Waals surface area contributed by atoms with Gasteiger partial charge in [-0.1, -0.05) is 45.0 Å². The standard InChI is InChI=1S/C26H31N3O2S/c1-26(2,3)20-11-9-18(10-12-20)24-27-22(25(30)29-13-15-32-16-14-29)23(31-24)19-7-6-8-21(17-19)28(4)5/h6-12,17H,13-16H2,1-5H3. The molecule has 1 amide bonds. The molecule has 32 heavy (non-hydrogen) atoms. The molecule has 1 aromatic heterocycles. The lowest BCUT2D eigenvalue weighted by molar-refractivity contribution is 0.0767. The van der Waals surface area contributed by atoms with Crippen LogP contribution in [0.4, 0.5) is 5.69 Å². The van der Waals surface area contributed by atoms with E-state index in [-0.39, 0.29) is 11.3 Å². The number of thioether (sulfide) groups is 1. The van der Waals surface area contributed by atoms with Gasteiger partial charge in [-0.3, -0.25) is 4.79 Å². The molecule has 0 aliphatic carbocycles. The first-order valence-corrected chi connectivity index (χ1v) is 12.2. The van der Waals surface area contributed by atoms with Gasteiger partial charge in [-0.2, -0.15) is 11.8 Å². The van der Waals surface area contributed by atoms with Gasteiger partial charge in [-0.25, -0.2) is 4.98 Å². The summed E-state index contributed by atoms with van der Waals surface area (Å²) in [4.78, 5) is 22.1. The van der Waals surface area contributed by atoms with E-state index in [4.69, 9.17) is 9.40 Å². The molecule has 2 heterocycles. The van der Waals surface area contributed by atoms with Crippen molar-refractivity contribution >= 4 is 23.4 Å². The number of amides is 1. The van der Waals surface area contributed by atoms with Crippen LogP contribution in [0.15, 0.2) is 52.9 Å². The number of oxazole rings is 1. The molecular weight excluding hydrogens is 418 g/mol. The van der Waals surface area contributed by atoms with Gasteiger partial charge >= 0.3 is 0 Å². The van der Waals surface area contributed by atoms with E-state index < -0.39 is 0 Å². The molecule has 1 aliphatic heterocycles. The lowest BCUT2D eigenvalue weighted by Gasteiger charge is -2.25. The summed E-state index contributed by atoms with van der Waals surface area (Å²) in [6, 6.07) is 16.3. The van der Waals surface area contributed by atoms with Crippen molar-refractivity contribution in [3.63, 3.8) is 0 Å². The highest BCUT2D eigenvalue weighted by atomic mass is 32.2. The van der Waals surface area contributed by atoms with E-state index in [0.29, 0.717) is 17.3 Å². The molecule has 3 aromatic rings. The lowest BCUT2D eigenvalue weighted by Crippen LogP contribution is -2.38. The first kappa shape index (κ1) is 22.5. The highest BCUT2D eigenvalue weighted by Gasteiger charge is 2.28. The smallest absolute Gasteiger partial charge is 0.276 e. The summed E-state index contributed by atoms with van der Waals surface area (Å²) in [5, 5.41) is 0. The fourth-order valence-electron chi connectivity index (χ4n) is 3.74. The van der Waals surface area contributed by atoms with E-state index in [0.717, 1.165) is 41.4 Å². The molecule has 6 heteroatoms. The van der Waals surface area contributed by atoms with Gasteiger partial charge in [-0.05, 0) is 35.2 Å². The van der Waals surface area contributed by atoms with Crippen LogP contribution < -0.4 is 4.90 Å². The van der Waals surface area contributed by atoms with Crippen molar-refractivity contribution in [1.29, 1.82) is 0 Å². The van der Waals surface area contributed by atoms with Gasteiger partial charge in [0.1, 0.15) is 0 Å². The number of aromatic nitrogens is 1. The van der Waals surface area contributed by atoms with Gasteiger partial charge in [0.05, 0.1) is 0 Å². The Labute approximate surface area is 194 Å². The normalized spacial score (nSPS) is 14.5. The highest BCUT2D eigenvalue weighted by Crippen LogP contribution is 2.33. The fraction of sp³-hybridized carbons (Fsp3) is 0.385. The Morgan fingerprint density at radius 1 is 1.03 bits per heavy atom. The molecule has 1 aliphatic rings. The summed E-state index contributed by atoms with van der Waals surface area (Å²) in [6.45, 7) is 8.05. The molecule has 2 aromatic carbocycles. The van der Waals surface area contributed by atoms with E-state index in [1.807, 2.05) is 72.1 Å². The zero-order valence-corrected chi connectivity index (χ0v) is 20.3. The van der Waals surface area contributed by atoms with E-state index >= 15 is 0 Å². The molecule has 0 atom stereocenters. The molecule has 0 N–H and O–H groups in total. The zero-order valence-electron chi connectivity index (χ0n) is 19.5. The summed E-state index contributed by atoms with van der Waals surface area (Å²) in [5.74, 6) is 2.86. The maximum Gasteiger partial charge on any atom is 0.276 e. The fourth-order valence-corrected chi connectivity index (χ4v) is 4.64. The average Bonchev–Trinajstić information content (AvgIpc) is 3.24. The average molecular weight is 450 g/mol. The third kappa shape index (κ3) is 4.70. The minimum atomic E-state index is -0.0585. The molecule has 5 nitrogen and oxygen atoms in total. The minimum absolute atomic E-state index is 0.0585. The molecule has 1 saturated heterocycles. The molecule has 168 valence electrons. The number of hydrogen-bond acceptors (Lipinski definition) is 5. The second-order valence-electron chi connectivity index (χ2n) is 9.37. The van der Waals surface area contributed by atoms with Crippen LogP contribution in [0.2, 0.25) is 0 Å². The van der Waals surface area contributed by atoms with Gasteiger partial charge in [0, 0.05) is 55.5 Å². The van der Waals surface area contributed by atoms with Crippen molar-refractivity contribution in [3.8, 4) is 22.8 Å². The highest BCUT2D eigenvalue weighted by molar-refractivity contribution is 7.99. The quantitative estimate of drug-likeness (QED) is 0.522. The van der Waals surface area contributed by atoms with Crippen LogP contribution in [0.25, 0.3) is 22.8 Å². The van der Waals surface area contributed by atoms with E-state index in [1.54, 1.807) is 0 Å². The molecule has 4 rings (SSSR count). The molecule has 0 unspecified atom stereocenters. The molecule has 0 saturated carbocycles. The summed E-state index contributed by atoms with van der Waals surface area (Å²) < 4.78 is 6.28. The predicted molar refractivity (Wildman–Crippen MR) is 134 cm³/mol. The molecule has 1 fully saturated rings. The van der Waals surface area contributed by atoms with Crippen molar-refractivity contribution in [3.05, 3.63) is 59.8 Å². The lowest BCUT2D eigenvalue weighted by atomic mass is 9.87. The SMILES string of the molecule is CN(C)c1cccc(-c2oc(-c3ccc(C(C)(C)C)cc3)nc2C(=O)N2CCSCC2)c1. The Kier molecular flexibility index (Phi) is 6.33. The number of carbonyl (C=O) groups is 1. The maximum absolute atomic E-state index is 13.4. The van der Waals surface area contributed by atoms with Gasteiger partial charge < -0.3 is 14.2 Å². The zero-order chi connectivity index (χ0) is 22.9. The third-order valence-electron chi connectivity index (χ3n) is 5.75. The van der Waals surface area contributed by atoms with Crippen molar-refractivity contribution in [1.82, 2.24) is 9.88 Å². The number of nitrogens with zero attached hydrogens (tertiary/aromatic N) is 3. The summed E-state index contributed by atoms with van der Waals surface area (Å²) >= 11 is 1.88. The molecular formula is C26H31N3O2S. The Balaban J connectivity index is 1.78. The topological polar surface area (TPSA) is 49.6 Å². The molecule has 0 radical (unpaired) electrons. The van der Waals surface area contributed by atoms with Gasteiger partial charge in [0.25, 0.3) is 5.91 Å². The second-order valence-corrected chi connectivity index (χ2v) is 10.6.